The molecule has 4 atom stereocenters. The summed E-state index contributed by atoms with van der Waals surface area (Å²) >= 11 is 0. The summed E-state index contributed by atoms with van der Waals surface area (Å²) in [5.41, 5.74) is 0.621. The Hall–Kier alpha value is -1.92. The van der Waals surface area contributed by atoms with Crippen LogP contribution >= 0.6 is 0 Å². The maximum atomic E-state index is 13.3. The number of hydrogen-bond donors (Lipinski definition) is 2. The summed E-state index contributed by atoms with van der Waals surface area (Å²) in [6.07, 6.45) is 11.8. The van der Waals surface area contributed by atoms with Crippen LogP contribution in [0.4, 0.5) is 0 Å². The second kappa shape index (κ2) is 9.52. The van der Waals surface area contributed by atoms with E-state index in [2.05, 4.69) is 45.2 Å². The van der Waals surface area contributed by atoms with Crippen molar-refractivity contribution >= 4 is 11.8 Å². The fraction of sp³-hybridized carbons (Fsp3) is 0.692. The Bertz CT molecular complexity index is 805. The van der Waals surface area contributed by atoms with Crippen molar-refractivity contribution in [2.75, 3.05) is 39.3 Å². The Morgan fingerprint density at radius 3 is 2.69 bits per heavy atom. The minimum Gasteiger partial charge on any atom is -0.360 e. The predicted octanol–water partition coefficient (Wildman–Crippen LogP) is 1.36. The fourth-order valence-corrected chi connectivity index (χ4v) is 5.98. The van der Waals surface area contributed by atoms with Crippen LogP contribution in [0.15, 0.2) is 36.0 Å². The normalized spacial score (nSPS) is 30.3. The van der Waals surface area contributed by atoms with Crippen LogP contribution in [0.2, 0.25) is 0 Å². The topological polar surface area (TPSA) is 63.1 Å². The molecule has 6 heteroatoms. The van der Waals surface area contributed by atoms with Gasteiger partial charge in [-0.15, -0.1) is 0 Å². The quantitative estimate of drug-likeness (QED) is 0.375. The van der Waals surface area contributed by atoms with Crippen LogP contribution in [0, 0.1) is 23.7 Å². The van der Waals surface area contributed by atoms with Crippen molar-refractivity contribution in [2.24, 2.45) is 23.7 Å². The number of fused-ring (bicyclic) bond motifs is 1. The van der Waals surface area contributed by atoms with Crippen molar-refractivity contribution in [1.29, 1.82) is 0 Å². The van der Waals surface area contributed by atoms with Crippen molar-refractivity contribution in [3.63, 3.8) is 0 Å². The zero-order valence-corrected chi connectivity index (χ0v) is 20.1. The second-order valence-corrected chi connectivity index (χ2v) is 10.9. The Morgan fingerprint density at radius 1 is 1.28 bits per heavy atom. The molecule has 32 heavy (non-hydrogen) atoms. The van der Waals surface area contributed by atoms with Crippen molar-refractivity contribution in [3.05, 3.63) is 36.0 Å². The average molecular weight is 443 g/mol. The number of likely N-dealkylation sites (tertiary alicyclic amines) is 1. The molecule has 4 aliphatic rings. The van der Waals surface area contributed by atoms with E-state index < -0.39 is 17.4 Å². The van der Waals surface area contributed by atoms with Gasteiger partial charge in [0.15, 0.2) is 0 Å². The maximum absolute atomic E-state index is 13.3. The van der Waals surface area contributed by atoms with E-state index in [4.69, 9.17) is 4.74 Å². The van der Waals surface area contributed by atoms with E-state index in [1.807, 2.05) is 23.1 Å². The summed E-state index contributed by atoms with van der Waals surface area (Å²) in [5.74, 6) is 0.561. The standard InChI is InChI=1S/C26H39N3O3/c1-18(2)14-28(15-19(3)4)13-7-12-27-24(30)22-21-10-11-26(32-21)17-29(25(31)23(22)26)16-20-8-5-6-9-20/h5-6,8,10-11,18-19,21-23H,7,9,12-17H2,1-4H3,(H,27,30)/p+1. The summed E-state index contributed by atoms with van der Waals surface area (Å²) < 4.78 is 6.24. The average Bonchev–Trinajstić information content (AvgIpc) is 3.47. The predicted molar refractivity (Wildman–Crippen MR) is 125 cm³/mol. The molecule has 4 rings (SSSR count). The van der Waals surface area contributed by atoms with E-state index in [0.717, 1.165) is 32.5 Å². The highest BCUT2D eigenvalue weighted by molar-refractivity contribution is 5.93. The first kappa shape index (κ1) is 23.2. The molecular weight excluding hydrogens is 402 g/mol. The molecule has 0 radical (unpaired) electrons. The molecule has 6 nitrogen and oxygen atoms in total. The van der Waals surface area contributed by atoms with Crippen LogP contribution in [0.5, 0.6) is 0 Å². The van der Waals surface area contributed by atoms with Crippen LogP contribution in [-0.4, -0.2) is 67.7 Å². The van der Waals surface area contributed by atoms with Crippen molar-refractivity contribution < 1.29 is 19.2 Å². The fourth-order valence-electron chi connectivity index (χ4n) is 5.98. The number of hydrogen-bond acceptors (Lipinski definition) is 3. The number of carbonyl (C=O) groups excluding carboxylic acids is 2. The van der Waals surface area contributed by atoms with E-state index in [0.29, 0.717) is 31.5 Å². The zero-order valence-electron chi connectivity index (χ0n) is 20.1. The number of nitrogens with zero attached hydrogens (tertiary/aromatic N) is 1. The number of nitrogens with one attached hydrogen (secondary N) is 2. The van der Waals surface area contributed by atoms with Gasteiger partial charge in [0.2, 0.25) is 11.8 Å². The molecule has 3 heterocycles. The van der Waals surface area contributed by atoms with Gasteiger partial charge < -0.3 is 19.9 Å². The number of carbonyl (C=O) groups is 2. The Balaban J connectivity index is 1.31. The molecule has 1 aliphatic carbocycles. The highest BCUT2D eigenvalue weighted by Gasteiger charge is 2.66. The molecule has 2 bridgehead atoms. The van der Waals surface area contributed by atoms with Gasteiger partial charge in [-0.25, -0.2) is 0 Å². The lowest BCUT2D eigenvalue weighted by Crippen LogP contribution is -3.13. The lowest BCUT2D eigenvalue weighted by atomic mass is 9.77. The molecule has 1 spiro atoms. The van der Waals surface area contributed by atoms with Gasteiger partial charge in [0.25, 0.3) is 0 Å². The minimum atomic E-state index is -0.619. The highest BCUT2D eigenvalue weighted by Crippen LogP contribution is 2.52. The molecule has 3 aliphatic heterocycles. The summed E-state index contributed by atoms with van der Waals surface area (Å²) in [6.45, 7) is 14.3. The molecule has 0 aromatic rings. The van der Waals surface area contributed by atoms with Crippen LogP contribution < -0.4 is 10.2 Å². The molecule has 4 unspecified atom stereocenters. The summed E-state index contributed by atoms with van der Waals surface area (Å²) in [5, 5.41) is 3.13. The summed E-state index contributed by atoms with van der Waals surface area (Å²) in [4.78, 5) is 29.9. The molecule has 0 saturated carbocycles. The van der Waals surface area contributed by atoms with Gasteiger partial charge in [-0.3, -0.25) is 9.59 Å². The molecule has 0 aromatic carbocycles. The molecule has 2 amide bonds. The van der Waals surface area contributed by atoms with Crippen LogP contribution in [0.3, 0.4) is 0 Å². The van der Waals surface area contributed by atoms with Gasteiger partial charge in [-0.2, -0.15) is 0 Å². The summed E-state index contributed by atoms with van der Waals surface area (Å²) in [6, 6.07) is 0. The highest BCUT2D eigenvalue weighted by atomic mass is 16.5. The van der Waals surface area contributed by atoms with Crippen molar-refractivity contribution in [1.82, 2.24) is 10.2 Å². The van der Waals surface area contributed by atoms with Crippen molar-refractivity contribution in [2.45, 2.75) is 52.2 Å². The third kappa shape index (κ3) is 4.72. The first-order valence-corrected chi connectivity index (χ1v) is 12.4. The Morgan fingerprint density at radius 2 is 2.03 bits per heavy atom. The first-order chi connectivity index (χ1) is 15.3. The number of quaternary nitrogens is 1. The van der Waals surface area contributed by atoms with Gasteiger partial charge in [0.1, 0.15) is 5.60 Å². The third-order valence-corrected chi connectivity index (χ3v) is 7.12. The van der Waals surface area contributed by atoms with Gasteiger partial charge >= 0.3 is 0 Å². The Kier molecular flexibility index (Phi) is 6.91. The smallest absolute Gasteiger partial charge is 0.230 e. The number of amides is 2. The molecule has 2 N–H and O–H groups in total. The second-order valence-electron chi connectivity index (χ2n) is 10.9. The SMILES string of the molecule is CC(C)C[NH+](CCCNC(=O)C1C2C=CC3(CN(CC4=CC=CC4)C(=O)C13)O2)CC(C)C. The number of ether oxygens (including phenoxy) is 1. The van der Waals surface area contributed by atoms with Gasteiger partial charge in [-0.1, -0.05) is 58.1 Å². The molecule has 2 saturated heterocycles. The number of allylic oxidation sites excluding steroid dienone is 3. The van der Waals surface area contributed by atoms with Crippen LogP contribution in [0.1, 0.15) is 40.5 Å². The Labute approximate surface area is 192 Å². The van der Waals surface area contributed by atoms with Crippen LogP contribution in [0.25, 0.3) is 0 Å². The monoisotopic (exact) mass is 442 g/mol. The maximum Gasteiger partial charge on any atom is 0.230 e. The van der Waals surface area contributed by atoms with Crippen molar-refractivity contribution in [3.8, 4) is 0 Å². The number of rotatable bonds is 11. The third-order valence-electron chi connectivity index (χ3n) is 7.12. The summed E-state index contributed by atoms with van der Waals surface area (Å²) in [7, 11) is 0. The van der Waals surface area contributed by atoms with Gasteiger partial charge in [-0.05, 0) is 12.0 Å². The molecule has 2 fully saturated rings. The lowest BCUT2D eigenvalue weighted by molar-refractivity contribution is -0.906. The van der Waals surface area contributed by atoms with Gasteiger partial charge in [0, 0.05) is 31.3 Å². The largest absolute Gasteiger partial charge is 0.360 e. The van der Waals surface area contributed by atoms with E-state index >= 15 is 0 Å². The van der Waals surface area contributed by atoms with Crippen LogP contribution in [-0.2, 0) is 14.3 Å². The molecule has 0 aromatic heterocycles. The van der Waals surface area contributed by atoms with Gasteiger partial charge in [0.05, 0.1) is 44.1 Å². The van der Waals surface area contributed by atoms with E-state index in [1.54, 1.807) is 4.90 Å². The lowest BCUT2D eigenvalue weighted by Gasteiger charge is -2.25. The van der Waals surface area contributed by atoms with E-state index in [9.17, 15) is 9.59 Å². The molecular formula is C26H40N3O3+. The van der Waals surface area contributed by atoms with E-state index in [1.165, 1.54) is 5.57 Å². The molecule has 176 valence electrons. The zero-order chi connectivity index (χ0) is 22.9. The van der Waals surface area contributed by atoms with E-state index in [-0.39, 0.29) is 17.9 Å². The first-order valence-electron chi connectivity index (χ1n) is 12.4. The minimum absolute atomic E-state index is 0.0301.